The molecule has 0 aliphatic carbocycles. The maximum absolute atomic E-state index is 12.4. The summed E-state index contributed by atoms with van der Waals surface area (Å²) in [7, 11) is 0. The smallest absolute Gasteiger partial charge is 0.325 e. The second-order valence-electron chi connectivity index (χ2n) is 5.47. The fourth-order valence-electron chi connectivity index (χ4n) is 2.52. The number of rotatable bonds is 5. The summed E-state index contributed by atoms with van der Waals surface area (Å²) >= 11 is 5.87. The molecule has 7 heteroatoms. The standard InChI is InChI=1S/C17H17ClN4O2/c18-14-3-5-15(6-4-14)22-9-8-21(17(22)24)12-16(23)20-11-13-2-1-7-19-10-13/h1-7,10H,8-9,11-12H2,(H,20,23). The van der Waals surface area contributed by atoms with Crippen LogP contribution in [0.3, 0.4) is 0 Å². The molecule has 1 aliphatic heterocycles. The minimum atomic E-state index is -0.190. The molecule has 0 spiro atoms. The van der Waals surface area contributed by atoms with Crippen molar-refractivity contribution in [3.63, 3.8) is 0 Å². The van der Waals surface area contributed by atoms with E-state index in [1.54, 1.807) is 41.6 Å². The predicted molar refractivity (Wildman–Crippen MR) is 91.9 cm³/mol. The van der Waals surface area contributed by atoms with Crippen LogP contribution in [0, 0.1) is 0 Å². The highest BCUT2D eigenvalue weighted by molar-refractivity contribution is 6.30. The zero-order valence-electron chi connectivity index (χ0n) is 13.0. The molecule has 1 aromatic carbocycles. The molecule has 0 unspecified atom stereocenters. The number of hydrogen-bond donors (Lipinski definition) is 1. The van der Waals surface area contributed by atoms with Gasteiger partial charge in [0.05, 0.1) is 0 Å². The van der Waals surface area contributed by atoms with Crippen LogP contribution in [-0.2, 0) is 11.3 Å². The van der Waals surface area contributed by atoms with Crippen LogP contribution in [0.15, 0.2) is 48.8 Å². The quantitative estimate of drug-likeness (QED) is 0.905. The molecule has 1 aliphatic rings. The molecule has 3 rings (SSSR count). The zero-order chi connectivity index (χ0) is 16.9. The maximum Gasteiger partial charge on any atom is 0.325 e. The number of anilines is 1. The van der Waals surface area contributed by atoms with Crippen LogP contribution in [0.1, 0.15) is 5.56 Å². The van der Waals surface area contributed by atoms with Gasteiger partial charge < -0.3 is 10.2 Å². The predicted octanol–water partition coefficient (Wildman–Crippen LogP) is 2.29. The molecule has 1 N–H and O–H groups in total. The van der Waals surface area contributed by atoms with Crippen LogP contribution in [-0.4, -0.2) is 41.5 Å². The Morgan fingerprint density at radius 1 is 1.21 bits per heavy atom. The molecule has 2 aromatic rings. The Balaban J connectivity index is 1.53. The number of urea groups is 1. The maximum atomic E-state index is 12.4. The van der Waals surface area contributed by atoms with Gasteiger partial charge in [-0.3, -0.25) is 14.7 Å². The third-order valence-electron chi connectivity index (χ3n) is 3.78. The molecule has 124 valence electrons. The molecule has 6 nitrogen and oxygen atoms in total. The van der Waals surface area contributed by atoms with E-state index < -0.39 is 0 Å². The number of hydrogen-bond acceptors (Lipinski definition) is 3. The van der Waals surface area contributed by atoms with Crippen LogP contribution in [0.2, 0.25) is 5.02 Å². The summed E-state index contributed by atoms with van der Waals surface area (Å²) in [6, 6.07) is 10.6. The average molecular weight is 345 g/mol. The third-order valence-corrected chi connectivity index (χ3v) is 4.03. The van der Waals surface area contributed by atoms with Crippen LogP contribution in [0.5, 0.6) is 0 Å². The van der Waals surface area contributed by atoms with Gasteiger partial charge in [0.2, 0.25) is 5.91 Å². The van der Waals surface area contributed by atoms with Crippen molar-refractivity contribution in [3.05, 3.63) is 59.4 Å². The summed E-state index contributed by atoms with van der Waals surface area (Å²) in [6.45, 7) is 1.51. The van der Waals surface area contributed by atoms with E-state index in [0.717, 1.165) is 11.3 Å². The minimum absolute atomic E-state index is 0.0448. The monoisotopic (exact) mass is 344 g/mol. The van der Waals surface area contributed by atoms with Crippen molar-refractivity contribution in [3.8, 4) is 0 Å². The Kier molecular flexibility index (Phi) is 4.96. The Morgan fingerprint density at radius 3 is 2.71 bits per heavy atom. The van der Waals surface area contributed by atoms with Crippen molar-refractivity contribution >= 4 is 29.2 Å². The van der Waals surface area contributed by atoms with E-state index in [1.165, 1.54) is 4.90 Å². The first kappa shape index (κ1) is 16.3. The van der Waals surface area contributed by atoms with Gasteiger partial charge in [0.25, 0.3) is 0 Å². The van der Waals surface area contributed by atoms with E-state index >= 15 is 0 Å². The summed E-state index contributed by atoms with van der Waals surface area (Å²) in [5.41, 5.74) is 1.70. The number of halogens is 1. The second-order valence-corrected chi connectivity index (χ2v) is 5.91. The molecule has 0 atom stereocenters. The number of benzene rings is 1. The summed E-state index contributed by atoms with van der Waals surface area (Å²) < 4.78 is 0. The zero-order valence-corrected chi connectivity index (χ0v) is 13.7. The van der Waals surface area contributed by atoms with Gasteiger partial charge in [0.15, 0.2) is 0 Å². The Bertz CT molecular complexity index is 721. The second kappa shape index (κ2) is 7.31. The summed E-state index contributed by atoms with van der Waals surface area (Å²) in [5, 5.41) is 3.42. The SMILES string of the molecule is O=C(CN1CCN(c2ccc(Cl)cc2)C1=O)NCc1cccnc1. The number of nitrogens with zero attached hydrogens (tertiary/aromatic N) is 3. The molecule has 0 radical (unpaired) electrons. The van der Waals surface area contributed by atoms with Crippen LogP contribution < -0.4 is 10.2 Å². The van der Waals surface area contributed by atoms with Crippen LogP contribution in [0.4, 0.5) is 10.5 Å². The number of nitrogens with one attached hydrogen (secondary N) is 1. The van der Waals surface area contributed by atoms with Crippen LogP contribution in [0.25, 0.3) is 0 Å². The van der Waals surface area contributed by atoms with Gasteiger partial charge >= 0.3 is 6.03 Å². The largest absolute Gasteiger partial charge is 0.350 e. The number of amides is 3. The first-order valence-corrected chi connectivity index (χ1v) is 7.99. The number of carbonyl (C=O) groups excluding carboxylic acids is 2. The van der Waals surface area contributed by atoms with Gasteiger partial charge in [-0.15, -0.1) is 0 Å². The number of pyridine rings is 1. The Labute approximate surface area is 145 Å². The van der Waals surface area contributed by atoms with E-state index in [9.17, 15) is 9.59 Å². The lowest BCUT2D eigenvalue weighted by Gasteiger charge is -2.18. The average Bonchev–Trinajstić information content (AvgIpc) is 2.95. The van der Waals surface area contributed by atoms with Gasteiger partial charge in [-0.2, -0.15) is 0 Å². The van der Waals surface area contributed by atoms with Gasteiger partial charge in [-0.05, 0) is 35.9 Å². The topological polar surface area (TPSA) is 65.5 Å². The fourth-order valence-corrected chi connectivity index (χ4v) is 2.65. The lowest BCUT2D eigenvalue weighted by Crippen LogP contribution is -2.39. The molecule has 0 saturated carbocycles. The summed E-state index contributed by atoms with van der Waals surface area (Å²) in [6.07, 6.45) is 3.38. The third kappa shape index (κ3) is 3.83. The van der Waals surface area contributed by atoms with Crippen molar-refractivity contribution in [2.24, 2.45) is 0 Å². The van der Waals surface area contributed by atoms with E-state index in [4.69, 9.17) is 11.6 Å². The van der Waals surface area contributed by atoms with Gasteiger partial charge in [-0.1, -0.05) is 17.7 Å². The first-order chi connectivity index (χ1) is 11.6. The lowest BCUT2D eigenvalue weighted by atomic mass is 10.3. The van der Waals surface area contributed by atoms with Crippen molar-refractivity contribution in [1.82, 2.24) is 15.2 Å². The minimum Gasteiger partial charge on any atom is -0.350 e. The highest BCUT2D eigenvalue weighted by Gasteiger charge is 2.30. The molecule has 24 heavy (non-hydrogen) atoms. The van der Waals surface area contributed by atoms with E-state index in [0.29, 0.717) is 24.7 Å². The Hall–Kier alpha value is -2.60. The molecular formula is C17H17ClN4O2. The lowest BCUT2D eigenvalue weighted by molar-refractivity contribution is -0.121. The summed E-state index contributed by atoms with van der Waals surface area (Å²) in [4.78, 5) is 31.6. The fraction of sp³-hybridized carbons (Fsp3) is 0.235. The summed E-state index contributed by atoms with van der Waals surface area (Å²) in [5.74, 6) is -0.190. The number of carbonyl (C=O) groups is 2. The highest BCUT2D eigenvalue weighted by Crippen LogP contribution is 2.22. The molecular weight excluding hydrogens is 328 g/mol. The first-order valence-electron chi connectivity index (χ1n) is 7.61. The molecule has 1 aromatic heterocycles. The van der Waals surface area contributed by atoms with Crippen molar-refractivity contribution < 1.29 is 9.59 Å². The van der Waals surface area contributed by atoms with E-state index in [1.807, 2.05) is 12.1 Å². The van der Waals surface area contributed by atoms with E-state index in [2.05, 4.69) is 10.3 Å². The normalized spacial score (nSPS) is 14.1. The van der Waals surface area contributed by atoms with Crippen molar-refractivity contribution in [2.45, 2.75) is 6.54 Å². The Morgan fingerprint density at radius 2 is 2.00 bits per heavy atom. The van der Waals surface area contributed by atoms with Gasteiger partial charge in [0, 0.05) is 42.7 Å². The molecule has 2 heterocycles. The van der Waals surface area contributed by atoms with Gasteiger partial charge in [-0.25, -0.2) is 4.79 Å². The molecule has 1 fully saturated rings. The molecule has 3 amide bonds. The van der Waals surface area contributed by atoms with Crippen molar-refractivity contribution in [1.29, 1.82) is 0 Å². The highest BCUT2D eigenvalue weighted by atomic mass is 35.5. The van der Waals surface area contributed by atoms with Crippen molar-refractivity contribution in [2.75, 3.05) is 24.5 Å². The molecule has 1 saturated heterocycles. The van der Waals surface area contributed by atoms with Crippen LogP contribution >= 0.6 is 11.6 Å². The molecule has 0 bridgehead atoms. The van der Waals surface area contributed by atoms with E-state index in [-0.39, 0.29) is 18.5 Å². The number of aromatic nitrogens is 1. The van der Waals surface area contributed by atoms with Gasteiger partial charge in [0.1, 0.15) is 6.54 Å².